The molecule has 0 bridgehead atoms. The Morgan fingerprint density at radius 1 is 0.800 bits per heavy atom. The van der Waals surface area contributed by atoms with Gasteiger partial charge in [0.05, 0.1) is 22.5 Å². The topological polar surface area (TPSA) is 65.4 Å². The van der Waals surface area contributed by atoms with Crippen molar-refractivity contribution in [2.75, 3.05) is 0 Å². The lowest BCUT2D eigenvalue weighted by molar-refractivity contribution is 0.101. The molecule has 0 unspecified atom stereocenters. The standard InChI is InChI=1S/C31H38N2O2/c1-3-4-5-6-7-8-9-10-11-12-14-23-15-13-16-25(21-23)29-27-26(30(34)33-29)28(32-31(27)35)24-19-17-22(2)18-20-24/h13,15-21,33-34H,3-12,14H2,1-2H3. The van der Waals surface area contributed by atoms with Crippen molar-refractivity contribution in [2.24, 2.45) is 4.99 Å². The first-order valence-corrected chi connectivity index (χ1v) is 13.3. The van der Waals surface area contributed by atoms with Gasteiger partial charge >= 0.3 is 0 Å². The van der Waals surface area contributed by atoms with Crippen molar-refractivity contribution in [3.8, 4) is 17.1 Å². The van der Waals surface area contributed by atoms with Crippen LogP contribution >= 0.6 is 0 Å². The Morgan fingerprint density at radius 2 is 1.46 bits per heavy atom. The molecule has 0 saturated carbocycles. The maximum Gasteiger partial charge on any atom is 0.280 e. The molecule has 0 spiro atoms. The molecule has 184 valence electrons. The van der Waals surface area contributed by atoms with Gasteiger partial charge in [0, 0.05) is 5.56 Å². The van der Waals surface area contributed by atoms with E-state index >= 15 is 0 Å². The number of carbonyl (C=O) groups is 1. The number of hydrogen-bond acceptors (Lipinski definition) is 2. The zero-order valence-electron chi connectivity index (χ0n) is 21.2. The number of aryl methyl sites for hydroxylation is 2. The van der Waals surface area contributed by atoms with Gasteiger partial charge in [-0.2, -0.15) is 0 Å². The van der Waals surface area contributed by atoms with Crippen LogP contribution in [0.3, 0.4) is 0 Å². The Bertz CT molecular complexity index is 1170. The highest BCUT2D eigenvalue weighted by molar-refractivity contribution is 6.30. The van der Waals surface area contributed by atoms with Gasteiger partial charge < -0.3 is 10.1 Å². The zero-order chi connectivity index (χ0) is 24.6. The number of H-pyrrole nitrogens is 1. The van der Waals surface area contributed by atoms with Gasteiger partial charge in [0.15, 0.2) is 5.88 Å². The molecule has 35 heavy (non-hydrogen) atoms. The lowest BCUT2D eigenvalue weighted by atomic mass is 9.98. The number of nitrogens with zero attached hydrogens (tertiary/aromatic N) is 1. The Balaban J connectivity index is 1.37. The van der Waals surface area contributed by atoms with Gasteiger partial charge in [-0.25, -0.2) is 4.99 Å². The summed E-state index contributed by atoms with van der Waals surface area (Å²) in [6, 6.07) is 16.2. The molecule has 1 aromatic heterocycles. The quantitative estimate of drug-likeness (QED) is 0.248. The van der Waals surface area contributed by atoms with Crippen LogP contribution in [0.25, 0.3) is 11.3 Å². The maximum atomic E-state index is 12.9. The summed E-state index contributed by atoms with van der Waals surface area (Å²) >= 11 is 0. The molecule has 4 rings (SSSR count). The van der Waals surface area contributed by atoms with Gasteiger partial charge in [0.25, 0.3) is 5.91 Å². The molecule has 1 aliphatic heterocycles. The smallest absolute Gasteiger partial charge is 0.280 e. The number of carbonyl (C=O) groups excluding carboxylic acids is 1. The molecule has 0 atom stereocenters. The van der Waals surface area contributed by atoms with Crippen molar-refractivity contribution >= 4 is 11.6 Å². The van der Waals surface area contributed by atoms with Crippen LogP contribution in [0, 0.1) is 6.92 Å². The van der Waals surface area contributed by atoms with E-state index in [1.54, 1.807) is 0 Å². The lowest BCUT2D eigenvalue weighted by Crippen LogP contribution is -1.99. The predicted octanol–water partition coefficient (Wildman–Crippen LogP) is 8.15. The van der Waals surface area contributed by atoms with Gasteiger partial charge in [0.2, 0.25) is 0 Å². The summed E-state index contributed by atoms with van der Waals surface area (Å²) in [5.74, 6) is -0.303. The average molecular weight is 471 g/mol. The van der Waals surface area contributed by atoms with E-state index in [0.717, 1.165) is 23.1 Å². The molecule has 2 N–H and O–H groups in total. The van der Waals surface area contributed by atoms with E-state index in [1.165, 1.54) is 69.8 Å². The van der Waals surface area contributed by atoms with Crippen LogP contribution in [-0.2, 0) is 6.42 Å². The van der Waals surface area contributed by atoms with Crippen LogP contribution in [0.2, 0.25) is 0 Å². The summed E-state index contributed by atoms with van der Waals surface area (Å²) < 4.78 is 0. The van der Waals surface area contributed by atoms with E-state index < -0.39 is 0 Å². The highest BCUT2D eigenvalue weighted by atomic mass is 16.3. The normalized spacial score (nSPS) is 12.7. The average Bonchev–Trinajstić information content (AvgIpc) is 3.39. The monoisotopic (exact) mass is 470 g/mol. The fourth-order valence-corrected chi connectivity index (χ4v) is 4.98. The van der Waals surface area contributed by atoms with Gasteiger partial charge in [-0.1, -0.05) is 113 Å². The summed E-state index contributed by atoms with van der Waals surface area (Å²) in [6.45, 7) is 4.28. The van der Waals surface area contributed by atoms with Crippen LogP contribution in [0.5, 0.6) is 5.88 Å². The van der Waals surface area contributed by atoms with Gasteiger partial charge in [-0.05, 0) is 37.0 Å². The number of aromatic hydroxyl groups is 1. The molecule has 4 nitrogen and oxygen atoms in total. The minimum Gasteiger partial charge on any atom is -0.494 e. The third-order valence-corrected chi connectivity index (χ3v) is 7.00. The summed E-state index contributed by atoms with van der Waals surface area (Å²) in [5.41, 5.74) is 6.30. The molecule has 2 aromatic carbocycles. The number of hydrogen-bond donors (Lipinski definition) is 2. The van der Waals surface area contributed by atoms with E-state index in [0.29, 0.717) is 22.5 Å². The highest BCUT2D eigenvalue weighted by Gasteiger charge is 2.33. The first-order valence-electron chi connectivity index (χ1n) is 13.3. The van der Waals surface area contributed by atoms with Crippen molar-refractivity contribution in [3.63, 3.8) is 0 Å². The van der Waals surface area contributed by atoms with Gasteiger partial charge in [-0.15, -0.1) is 0 Å². The van der Waals surface area contributed by atoms with E-state index in [2.05, 4.69) is 29.0 Å². The molecule has 0 saturated heterocycles. The summed E-state index contributed by atoms with van der Waals surface area (Å²) in [5, 5.41) is 10.7. The summed E-state index contributed by atoms with van der Waals surface area (Å²) in [7, 11) is 0. The third-order valence-electron chi connectivity index (χ3n) is 7.00. The number of fused-ring (bicyclic) bond motifs is 1. The number of aliphatic imine (C=N–C) groups is 1. The lowest BCUT2D eigenvalue weighted by Gasteiger charge is -2.06. The number of amides is 1. The van der Waals surface area contributed by atoms with Crippen LogP contribution in [0.1, 0.15) is 104 Å². The van der Waals surface area contributed by atoms with Crippen molar-refractivity contribution < 1.29 is 9.90 Å². The van der Waals surface area contributed by atoms with Crippen molar-refractivity contribution in [1.82, 2.24) is 4.98 Å². The van der Waals surface area contributed by atoms with Crippen LogP contribution in [0.15, 0.2) is 53.5 Å². The van der Waals surface area contributed by atoms with Gasteiger partial charge in [0.1, 0.15) is 0 Å². The van der Waals surface area contributed by atoms with Crippen LogP contribution in [-0.4, -0.2) is 21.7 Å². The molecule has 1 amide bonds. The Labute approximate surface area is 209 Å². The minimum absolute atomic E-state index is 0.000252. The summed E-state index contributed by atoms with van der Waals surface area (Å²) in [4.78, 5) is 20.2. The van der Waals surface area contributed by atoms with Crippen molar-refractivity contribution in [2.45, 2.75) is 84.5 Å². The van der Waals surface area contributed by atoms with Crippen LogP contribution in [0.4, 0.5) is 0 Å². The molecule has 0 fully saturated rings. The first kappa shape index (κ1) is 25.0. The second-order valence-electron chi connectivity index (χ2n) is 9.86. The van der Waals surface area contributed by atoms with Crippen LogP contribution < -0.4 is 0 Å². The highest BCUT2D eigenvalue weighted by Crippen LogP contribution is 2.38. The first-order chi connectivity index (χ1) is 17.1. The molecule has 0 aliphatic carbocycles. The molecule has 1 aliphatic rings. The second-order valence-corrected chi connectivity index (χ2v) is 9.86. The number of aromatic amines is 1. The summed E-state index contributed by atoms with van der Waals surface area (Å²) in [6.07, 6.45) is 14.3. The molecular weight excluding hydrogens is 432 g/mol. The van der Waals surface area contributed by atoms with Gasteiger partial charge in [-0.3, -0.25) is 4.79 Å². The molecule has 0 radical (unpaired) electrons. The molecule has 3 aromatic rings. The third kappa shape index (κ3) is 6.11. The number of benzene rings is 2. The van der Waals surface area contributed by atoms with E-state index in [4.69, 9.17) is 0 Å². The minimum atomic E-state index is -0.303. The number of aromatic nitrogens is 1. The number of rotatable bonds is 13. The molecule has 2 heterocycles. The zero-order valence-corrected chi connectivity index (χ0v) is 21.2. The largest absolute Gasteiger partial charge is 0.494 e. The number of nitrogens with one attached hydrogen (secondary N) is 1. The van der Waals surface area contributed by atoms with E-state index in [1.807, 2.05) is 43.3 Å². The maximum absolute atomic E-state index is 12.9. The SMILES string of the molecule is CCCCCCCCCCCCc1cccc(-c2[nH]c(O)c3c2C(=O)N=C3c2ccc(C)cc2)c1. The fraction of sp³-hybridized carbons (Fsp3) is 0.419. The van der Waals surface area contributed by atoms with Crippen molar-refractivity contribution in [3.05, 3.63) is 76.3 Å². The Hall–Kier alpha value is -3.14. The van der Waals surface area contributed by atoms with E-state index in [-0.39, 0.29) is 11.8 Å². The fourth-order valence-electron chi connectivity index (χ4n) is 4.98. The number of unbranched alkanes of at least 4 members (excludes halogenated alkanes) is 9. The Morgan fingerprint density at radius 3 is 2.14 bits per heavy atom. The van der Waals surface area contributed by atoms with E-state index in [9.17, 15) is 9.90 Å². The molecular formula is C31H38N2O2. The molecule has 4 heteroatoms. The van der Waals surface area contributed by atoms with Crippen molar-refractivity contribution in [1.29, 1.82) is 0 Å². The predicted molar refractivity (Wildman–Crippen MR) is 145 cm³/mol. The second kappa shape index (κ2) is 12.0. The Kier molecular flexibility index (Phi) is 8.57.